The van der Waals surface area contributed by atoms with Crippen LogP contribution in [0.25, 0.3) is 0 Å². The van der Waals surface area contributed by atoms with Crippen molar-refractivity contribution in [3.63, 3.8) is 0 Å². The Bertz CT molecular complexity index is 536. The van der Waals surface area contributed by atoms with E-state index in [9.17, 15) is 4.39 Å². The highest BCUT2D eigenvalue weighted by Crippen LogP contribution is 2.15. The zero-order valence-corrected chi connectivity index (χ0v) is 14.0. The molecule has 2 bridgehead atoms. The van der Waals surface area contributed by atoms with Gasteiger partial charge in [-0.25, -0.2) is 4.39 Å². The molecule has 126 valence electrons. The first-order valence-corrected chi connectivity index (χ1v) is 8.28. The second-order valence-corrected chi connectivity index (χ2v) is 6.40. The van der Waals surface area contributed by atoms with Crippen molar-refractivity contribution in [3.8, 4) is 0 Å². The van der Waals surface area contributed by atoms with Gasteiger partial charge in [0, 0.05) is 66.0 Å². The number of hydrogen-bond acceptors (Lipinski definition) is 3. The number of guanidine groups is 1. The van der Waals surface area contributed by atoms with Crippen molar-refractivity contribution in [2.75, 3.05) is 53.4 Å². The molecule has 3 aliphatic heterocycles. The third kappa shape index (κ3) is 4.00. The summed E-state index contributed by atoms with van der Waals surface area (Å²) in [5, 5.41) is 3.49. The van der Waals surface area contributed by atoms with E-state index in [1.54, 1.807) is 7.05 Å². The summed E-state index contributed by atoms with van der Waals surface area (Å²) in [7, 11) is 3.82. The molecule has 23 heavy (non-hydrogen) atoms. The van der Waals surface area contributed by atoms with Crippen LogP contribution in [0.15, 0.2) is 29.3 Å². The van der Waals surface area contributed by atoms with Gasteiger partial charge in [-0.05, 0) is 17.7 Å². The van der Waals surface area contributed by atoms with E-state index in [0.29, 0.717) is 12.6 Å². The summed E-state index contributed by atoms with van der Waals surface area (Å²) in [4.78, 5) is 11.6. The van der Waals surface area contributed by atoms with Crippen LogP contribution in [-0.4, -0.2) is 80.1 Å². The van der Waals surface area contributed by atoms with Crippen molar-refractivity contribution in [2.45, 2.75) is 12.6 Å². The predicted octanol–water partition coefficient (Wildman–Crippen LogP) is 0.833. The van der Waals surface area contributed by atoms with Crippen LogP contribution in [0.1, 0.15) is 5.56 Å². The number of hydrogen-bond donors (Lipinski definition) is 1. The molecule has 1 N–H and O–H groups in total. The first-order chi connectivity index (χ1) is 11.2. The van der Waals surface area contributed by atoms with Crippen LogP contribution in [0.3, 0.4) is 0 Å². The molecule has 0 saturated carbocycles. The van der Waals surface area contributed by atoms with Gasteiger partial charge < -0.3 is 10.2 Å². The molecule has 0 aliphatic carbocycles. The molecule has 0 amide bonds. The van der Waals surface area contributed by atoms with E-state index in [2.05, 4.69) is 25.0 Å². The maximum atomic E-state index is 13.0. The third-order valence-electron chi connectivity index (χ3n) is 4.79. The molecule has 1 aromatic rings. The van der Waals surface area contributed by atoms with Gasteiger partial charge in [-0.3, -0.25) is 14.8 Å². The first kappa shape index (κ1) is 16.2. The van der Waals surface area contributed by atoms with Gasteiger partial charge in [0.15, 0.2) is 5.96 Å². The number of rotatable bonds is 4. The maximum absolute atomic E-state index is 13.0. The van der Waals surface area contributed by atoms with Gasteiger partial charge >= 0.3 is 0 Å². The van der Waals surface area contributed by atoms with Gasteiger partial charge in [0.25, 0.3) is 0 Å². The van der Waals surface area contributed by atoms with Crippen LogP contribution in [0.2, 0.25) is 0 Å². The number of benzene rings is 1. The van der Waals surface area contributed by atoms with E-state index in [1.165, 1.54) is 38.3 Å². The van der Waals surface area contributed by atoms with Gasteiger partial charge in [0.1, 0.15) is 5.82 Å². The Morgan fingerprint density at radius 2 is 1.96 bits per heavy atom. The molecule has 5 nitrogen and oxygen atoms in total. The van der Waals surface area contributed by atoms with Crippen LogP contribution >= 0.6 is 0 Å². The second-order valence-electron chi connectivity index (χ2n) is 6.40. The normalized spacial score (nSPS) is 27.1. The monoisotopic (exact) mass is 319 g/mol. The molecule has 1 unspecified atom stereocenters. The van der Waals surface area contributed by atoms with Crippen molar-refractivity contribution in [3.05, 3.63) is 35.6 Å². The fraction of sp³-hybridized carbons (Fsp3) is 0.588. The maximum Gasteiger partial charge on any atom is 0.193 e. The summed E-state index contributed by atoms with van der Waals surface area (Å²) in [6.07, 6.45) is 0. The molecule has 0 aromatic heterocycles. The highest BCUT2D eigenvalue weighted by molar-refractivity contribution is 5.79. The minimum absolute atomic E-state index is 0.199. The van der Waals surface area contributed by atoms with Crippen LogP contribution in [0.4, 0.5) is 4.39 Å². The summed E-state index contributed by atoms with van der Waals surface area (Å²) in [5.41, 5.74) is 1.07. The van der Waals surface area contributed by atoms with Gasteiger partial charge in [0.05, 0.1) is 0 Å². The molecule has 3 saturated heterocycles. The summed E-state index contributed by atoms with van der Waals surface area (Å²) >= 11 is 0. The largest absolute Gasteiger partial charge is 0.355 e. The Morgan fingerprint density at radius 3 is 2.52 bits per heavy atom. The fourth-order valence-corrected chi connectivity index (χ4v) is 3.45. The zero-order chi connectivity index (χ0) is 16.2. The number of piperazine rings is 3. The average molecular weight is 319 g/mol. The molecule has 6 heteroatoms. The minimum atomic E-state index is -0.199. The molecule has 4 rings (SSSR count). The van der Waals surface area contributed by atoms with Gasteiger partial charge in [0.2, 0.25) is 0 Å². The second kappa shape index (κ2) is 7.27. The molecule has 1 atom stereocenters. The molecular weight excluding hydrogens is 293 g/mol. The number of fused-ring (bicyclic) bond motifs is 3. The lowest BCUT2D eigenvalue weighted by atomic mass is 10.1. The molecular formula is C17H26FN5. The van der Waals surface area contributed by atoms with E-state index in [0.717, 1.165) is 24.6 Å². The molecule has 3 heterocycles. The number of aliphatic imine (C=N–C) groups is 1. The Kier molecular flexibility index (Phi) is 5.13. The highest BCUT2D eigenvalue weighted by atomic mass is 19.1. The molecule has 3 fully saturated rings. The van der Waals surface area contributed by atoms with Crippen molar-refractivity contribution in [1.29, 1.82) is 0 Å². The lowest BCUT2D eigenvalue weighted by Crippen LogP contribution is -2.63. The number of halogens is 1. The molecule has 0 radical (unpaired) electrons. The average Bonchev–Trinajstić information content (AvgIpc) is 2.58. The van der Waals surface area contributed by atoms with E-state index >= 15 is 0 Å². The Morgan fingerprint density at radius 1 is 1.26 bits per heavy atom. The van der Waals surface area contributed by atoms with E-state index < -0.39 is 0 Å². The Balaban J connectivity index is 1.52. The van der Waals surface area contributed by atoms with Crippen molar-refractivity contribution in [2.24, 2.45) is 4.99 Å². The standard InChI is InChI=1S/C17H26FN5/c1-19-17(21(2)12-14-3-5-15(18)6-4-14)20-11-16-13-22-7-9-23(16)10-8-22/h3-6,16H,7-13H2,1-2H3,(H,19,20). The number of nitrogens with one attached hydrogen (secondary N) is 1. The van der Waals surface area contributed by atoms with Gasteiger partial charge in [-0.15, -0.1) is 0 Å². The zero-order valence-electron chi connectivity index (χ0n) is 14.0. The SMILES string of the molecule is CN=C(NCC1CN2CCN1CC2)N(C)Cc1ccc(F)cc1. The smallest absolute Gasteiger partial charge is 0.193 e. The van der Waals surface area contributed by atoms with Crippen molar-refractivity contribution < 1.29 is 4.39 Å². The highest BCUT2D eigenvalue weighted by Gasteiger charge is 2.31. The van der Waals surface area contributed by atoms with E-state index in [1.807, 2.05) is 19.2 Å². The fourth-order valence-electron chi connectivity index (χ4n) is 3.45. The summed E-state index contributed by atoms with van der Waals surface area (Å²) < 4.78 is 13.0. The number of nitrogens with zero attached hydrogens (tertiary/aromatic N) is 4. The lowest BCUT2D eigenvalue weighted by Gasteiger charge is -2.47. The topological polar surface area (TPSA) is 34.1 Å². The third-order valence-corrected chi connectivity index (χ3v) is 4.79. The molecule has 0 spiro atoms. The quantitative estimate of drug-likeness (QED) is 0.659. The van der Waals surface area contributed by atoms with Gasteiger partial charge in [-0.2, -0.15) is 0 Å². The van der Waals surface area contributed by atoms with E-state index in [-0.39, 0.29) is 5.82 Å². The summed E-state index contributed by atoms with van der Waals surface area (Å²) in [6.45, 7) is 7.53. The van der Waals surface area contributed by atoms with Crippen LogP contribution in [0, 0.1) is 5.82 Å². The van der Waals surface area contributed by atoms with Crippen LogP contribution in [-0.2, 0) is 6.54 Å². The minimum Gasteiger partial charge on any atom is -0.355 e. The molecule has 3 aliphatic rings. The van der Waals surface area contributed by atoms with Crippen molar-refractivity contribution in [1.82, 2.24) is 20.0 Å². The molecule has 1 aromatic carbocycles. The van der Waals surface area contributed by atoms with Crippen molar-refractivity contribution >= 4 is 5.96 Å². The van der Waals surface area contributed by atoms with Crippen LogP contribution in [0.5, 0.6) is 0 Å². The van der Waals surface area contributed by atoms with Crippen LogP contribution < -0.4 is 5.32 Å². The Hall–Kier alpha value is -1.66. The Labute approximate surface area is 137 Å². The summed E-state index contributed by atoms with van der Waals surface area (Å²) in [5.74, 6) is 0.683. The lowest BCUT2D eigenvalue weighted by molar-refractivity contribution is 0.0152. The summed E-state index contributed by atoms with van der Waals surface area (Å²) in [6, 6.07) is 7.20. The van der Waals surface area contributed by atoms with Gasteiger partial charge in [-0.1, -0.05) is 12.1 Å². The first-order valence-electron chi connectivity index (χ1n) is 8.28. The predicted molar refractivity (Wildman–Crippen MR) is 91.0 cm³/mol. The van der Waals surface area contributed by atoms with E-state index in [4.69, 9.17) is 0 Å².